The Hall–Kier alpha value is -6.65. The second-order valence-electron chi connectivity index (χ2n) is 11.7. The maximum atomic E-state index is 6.27. The zero-order valence-corrected chi connectivity index (χ0v) is 26.6. The molecular weight excluding hydrogens is 599 g/mol. The fourth-order valence-corrected chi connectivity index (χ4v) is 5.82. The Kier molecular flexibility index (Phi) is 8.25. The summed E-state index contributed by atoms with van der Waals surface area (Å²) in [5.74, 6) is 2.14. The summed E-state index contributed by atoms with van der Waals surface area (Å²) in [6, 6.07) is 63.5. The maximum Gasteiger partial charge on any atom is 0.160 e. The molecule has 0 atom stereocenters. The highest BCUT2D eigenvalue weighted by Crippen LogP contribution is 2.33. The van der Waals surface area contributed by atoms with Gasteiger partial charge in [0.05, 0.1) is 22.8 Å². The summed E-state index contributed by atoms with van der Waals surface area (Å²) in [5, 5.41) is 0. The van der Waals surface area contributed by atoms with Gasteiger partial charge in [0.2, 0.25) is 0 Å². The highest BCUT2D eigenvalue weighted by Gasteiger charge is 2.12. The van der Waals surface area contributed by atoms with Gasteiger partial charge in [-0.25, -0.2) is 15.0 Å². The molecule has 2 heterocycles. The van der Waals surface area contributed by atoms with E-state index in [1.165, 1.54) is 0 Å². The summed E-state index contributed by atoms with van der Waals surface area (Å²) in [6.45, 7) is 0. The van der Waals surface area contributed by atoms with Crippen molar-refractivity contribution in [2.45, 2.75) is 0 Å². The van der Waals surface area contributed by atoms with E-state index >= 15 is 0 Å². The third-order valence-electron chi connectivity index (χ3n) is 8.37. The lowest BCUT2D eigenvalue weighted by Crippen LogP contribution is -1.96. The van der Waals surface area contributed by atoms with Crippen molar-refractivity contribution in [2.24, 2.45) is 0 Å². The standard InChI is InChI=1S/C45H31N3O/c1-5-13-32(14-6-1)38-29-41(33-15-7-2-8-16-33)46-42(30-38)36-21-25-39(26-22-36)49-40-27-23-37(24-28-40)45-47-43(34-17-9-3-10-18-34)31-44(48-45)35-19-11-4-12-20-35/h1-31H. The lowest BCUT2D eigenvalue weighted by Gasteiger charge is -2.12. The number of hydrogen-bond acceptors (Lipinski definition) is 4. The molecule has 0 amide bonds. The van der Waals surface area contributed by atoms with Crippen LogP contribution in [-0.2, 0) is 0 Å². The number of ether oxygens (including phenoxy) is 1. The molecule has 0 aliphatic carbocycles. The smallest absolute Gasteiger partial charge is 0.160 e. The van der Waals surface area contributed by atoms with Gasteiger partial charge in [-0.05, 0) is 77.9 Å². The van der Waals surface area contributed by atoms with Gasteiger partial charge in [-0.2, -0.15) is 0 Å². The van der Waals surface area contributed by atoms with Crippen molar-refractivity contribution in [3.63, 3.8) is 0 Å². The first-order chi connectivity index (χ1) is 24.2. The van der Waals surface area contributed by atoms with Crippen LogP contribution in [0.2, 0.25) is 0 Å². The number of nitrogens with zero attached hydrogens (tertiary/aromatic N) is 3. The van der Waals surface area contributed by atoms with Crippen LogP contribution < -0.4 is 4.74 Å². The van der Waals surface area contributed by atoms with Gasteiger partial charge in [-0.15, -0.1) is 0 Å². The van der Waals surface area contributed by atoms with Crippen LogP contribution in [0.5, 0.6) is 11.5 Å². The third kappa shape index (κ3) is 6.76. The highest BCUT2D eigenvalue weighted by atomic mass is 16.5. The Labute approximate surface area is 286 Å². The van der Waals surface area contributed by atoms with Crippen molar-refractivity contribution in [3.8, 4) is 79.0 Å². The van der Waals surface area contributed by atoms with Crippen molar-refractivity contribution < 1.29 is 4.74 Å². The fraction of sp³-hybridized carbons (Fsp3) is 0. The van der Waals surface area contributed by atoms with Crippen LogP contribution in [0.3, 0.4) is 0 Å². The fourth-order valence-electron chi connectivity index (χ4n) is 5.82. The summed E-state index contributed by atoms with van der Waals surface area (Å²) in [4.78, 5) is 14.9. The van der Waals surface area contributed by atoms with Crippen molar-refractivity contribution in [3.05, 3.63) is 188 Å². The average molecular weight is 630 g/mol. The van der Waals surface area contributed by atoms with Crippen LogP contribution in [0.1, 0.15) is 0 Å². The molecule has 0 N–H and O–H groups in total. The van der Waals surface area contributed by atoms with Crippen LogP contribution >= 0.6 is 0 Å². The van der Waals surface area contributed by atoms with E-state index in [9.17, 15) is 0 Å². The molecule has 0 saturated heterocycles. The van der Waals surface area contributed by atoms with Gasteiger partial charge in [0.1, 0.15) is 11.5 Å². The molecule has 0 unspecified atom stereocenters. The van der Waals surface area contributed by atoms with E-state index in [-0.39, 0.29) is 0 Å². The number of hydrogen-bond donors (Lipinski definition) is 0. The molecule has 0 saturated carbocycles. The Bertz CT molecular complexity index is 2020. The molecule has 4 nitrogen and oxygen atoms in total. The summed E-state index contributed by atoms with van der Waals surface area (Å²) in [5.41, 5.74) is 11.0. The maximum absolute atomic E-state index is 6.27. The molecule has 0 radical (unpaired) electrons. The zero-order valence-electron chi connectivity index (χ0n) is 26.6. The van der Waals surface area contributed by atoms with Gasteiger partial charge in [0.15, 0.2) is 5.82 Å². The molecule has 49 heavy (non-hydrogen) atoms. The monoisotopic (exact) mass is 629 g/mol. The van der Waals surface area contributed by atoms with Gasteiger partial charge in [-0.1, -0.05) is 121 Å². The number of pyridine rings is 1. The summed E-state index contributed by atoms with van der Waals surface area (Å²) in [6.07, 6.45) is 0. The van der Waals surface area contributed by atoms with E-state index in [1.807, 2.05) is 103 Å². The van der Waals surface area contributed by atoms with Gasteiger partial charge in [-0.3, -0.25) is 0 Å². The van der Waals surface area contributed by atoms with E-state index < -0.39 is 0 Å². The predicted molar refractivity (Wildman–Crippen MR) is 199 cm³/mol. The molecule has 2 aromatic heterocycles. The zero-order chi connectivity index (χ0) is 32.8. The molecule has 8 rings (SSSR count). The molecule has 6 aromatic carbocycles. The molecule has 0 spiro atoms. The van der Waals surface area contributed by atoms with E-state index in [0.29, 0.717) is 5.82 Å². The molecule has 8 aromatic rings. The Morgan fingerprint density at radius 1 is 0.265 bits per heavy atom. The van der Waals surface area contributed by atoms with Gasteiger partial charge in [0, 0.05) is 27.8 Å². The molecule has 0 aliphatic rings. The minimum absolute atomic E-state index is 0.663. The van der Waals surface area contributed by atoms with Crippen molar-refractivity contribution in [1.82, 2.24) is 15.0 Å². The van der Waals surface area contributed by atoms with Gasteiger partial charge in [0.25, 0.3) is 0 Å². The van der Waals surface area contributed by atoms with Crippen molar-refractivity contribution in [2.75, 3.05) is 0 Å². The Morgan fingerprint density at radius 2 is 0.612 bits per heavy atom. The summed E-state index contributed by atoms with van der Waals surface area (Å²) in [7, 11) is 0. The van der Waals surface area contributed by atoms with Gasteiger partial charge < -0.3 is 4.74 Å². The Balaban J connectivity index is 1.06. The topological polar surface area (TPSA) is 47.9 Å². The molecule has 0 bridgehead atoms. The van der Waals surface area contributed by atoms with E-state index in [0.717, 1.165) is 73.2 Å². The van der Waals surface area contributed by atoms with E-state index in [2.05, 4.69) is 84.9 Å². The normalized spacial score (nSPS) is 10.9. The number of rotatable bonds is 8. The van der Waals surface area contributed by atoms with Crippen molar-refractivity contribution in [1.29, 1.82) is 0 Å². The largest absolute Gasteiger partial charge is 0.457 e. The first kappa shape index (κ1) is 29.7. The second kappa shape index (κ2) is 13.6. The first-order valence-corrected chi connectivity index (χ1v) is 16.3. The SMILES string of the molecule is c1ccc(-c2cc(-c3ccccc3)nc(-c3ccc(Oc4ccc(-c5nc(-c6ccccc6)cc(-c6ccccc6)n5)cc4)cc3)c2)cc1. The summed E-state index contributed by atoms with van der Waals surface area (Å²) < 4.78 is 6.27. The molecule has 0 aliphatic heterocycles. The van der Waals surface area contributed by atoms with Crippen LogP contribution in [0.25, 0.3) is 67.5 Å². The minimum atomic E-state index is 0.663. The summed E-state index contributed by atoms with van der Waals surface area (Å²) >= 11 is 0. The minimum Gasteiger partial charge on any atom is -0.457 e. The van der Waals surface area contributed by atoms with Gasteiger partial charge >= 0.3 is 0 Å². The van der Waals surface area contributed by atoms with Crippen molar-refractivity contribution >= 4 is 0 Å². The lowest BCUT2D eigenvalue weighted by atomic mass is 10.00. The van der Waals surface area contributed by atoms with E-state index in [1.54, 1.807) is 0 Å². The second-order valence-corrected chi connectivity index (χ2v) is 11.7. The van der Waals surface area contributed by atoms with Crippen LogP contribution in [-0.4, -0.2) is 15.0 Å². The Morgan fingerprint density at radius 3 is 1.04 bits per heavy atom. The average Bonchev–Trinajstić information content (AvgIpc) is 3.19. The molecule has 0 fully saturated rings. The highest BCUT2D eigenvalue weighted by molar-refractivity contribution is 5.77. The number of benzene rings is 6. The number of aromatic nitrogens is 3. The predicted octanol–water partition coefficient (Wildman–Crippen LogP) is 11.7. The van der Waals surface area contributed by atoms with E-state index in [4.69, 9.17) is 19.7 Å². The lowest BCUT2D eigenvalue weighted by molar-refractivity contribution is 0.483. The van der Waals surface area contributed by atoms with Crippen LogP contribution in [0.4, 0.5) is 0 Å². The van der Waals surface area contributed by atoms with Crippen LogP contribution in [0, 0.1) is 0 Å². The molecular formula is C45H31N3O. The third-order valence-corrected chi connectivity index (χ3v) is 8.37. The quantitative estimate of drug-likeness (QED) is 0.168. The molecule has 232 valence electrons. The first-order valence-electron chi connectivity index (χ1n) is 16.3. The molecule has 4 heteroatoms. The van der Waals surface area contributed by atoms with Crippen LogP contribution in [0.15, 0.2) is 188 Å².